The molecule has 2 aliphatic heterocycles. The molecule has 300 valence electrons. The standard InChI is InChI=1S/C41H55N9O6/c1-49-26-32(30-24-45-48-39(30)41(49)54)28-20-35(55-2)31(36(21-28)56-3)23-42-25-38(52)43-16-8-6-4-5-7-9-17-50-18-14-27(15-19-50)33-11-10-29(22-44-33)46-34-12-13-37(51)47-40(34)53/h10-11,20-22,24,26-27,34,42,46H,4-9,12-19,23,25H2,1-3H3,(H,43,52)(H,45,48)(H,47,51,53). The minimum Gasteiger partial charge on any atom is -0.496 e. The maximum Gasteiger partial charge on any atom is 0.276 e. The van der Waals surface area contributed by atoms with Gasteiger partial charge in [-0.1, -0.05) is 25.7 Å². The van der Waals surface area contributed by atoms with Gasteiger partial charge in [-0.05, 0) is 81.6 Å². The molecule has 56 heavy (non-hydrogen) atoms. The molecule has 1 unspecified atom stereocenters. The molecule has 2 fully saturated rings. The normalized spacial score (nSPS) is 16.5. The van der Waals surface area contributed by atoms with Crippen molar-refractivity contribution < 1.29 is 23.9 Å². The van der Waals surface area contributed by atoms with Crippen LogP contribution in [0.2, 0.25) is 0 Å². The quantitative estimate of drug-likeness (QED) is 0.0687. The number of piperidine rings is 2. The number of H-pyrrole nitrogens is 1. The number of anilines is 1. The van der Waals surface area contributed by atoms with E-state index in [1.54, 1.807) is 39.9 Å². The van der Waals surface area contributed by atoms with Crippen LogP contribution in [0.25, 0.3) is 22.0 Å². The zero-order chi connectivity index (χ0) is 39.4. The van der Waals surface area contributed by atoms with Crippen LogP contribution in [0.3, 0.4) is 0 Å². The average molecular weight is 770 g/mol. The van der Waals surface area contributed by atoms with Gasteiger partial charge in [-0.25, -0.2) is 0 Å². The zero-order valence-corrected chi connectivity index (χ0v) is 32.7. The summed E-state index contributed by atoms with van der Waals surface area (Å²) in [5.41, 5.74) is 4.62. The van der Waals surface area contributed by atoms with Gasteiger partial charge in [0.1, 0.15) is 23.1 Å². The second kappa shape index (κ2) is 19.5. The number of likely N-dealkylation sites (tertiary alicyclic amines) is 1. The molecule has 1 atom stereocenters. The number of amides is 3. The lowest BCUT2D eigenvalue weighted by Crippen LogP contribution is -2.47. The van der Waals surface area contributed by atoms with Gasteiger partial charge < -0.3 is 34.9 Å². The molecule has 0 aliphatic carbocycles. The highest BCUT2D eigenvalue weighted by atomic mass is 16.5. The van der Waals surface area contributed by atoms with Crippen molar-refractivity contribution in [3.05, 3.63) is 64.5 Å². The predicted molar refractivity (Wildman–Crippen MR) is 215 cm³/mol. The highest BCUT2D eigenvalue weighted by molar-refractivity contribution is 6.01. The molecular formula is C41H55N9O6. The number of hydrogen-bond acceptors (Lipinski definition) is 11. The number of carbonyl (C=O) groups excluding carboxylic acids is 3. The number of unbranched alkanes of at least 4 members (excludes halogenated alkanes) is 5. The highest BCUT2D eigenvalue weighted by Gasteiger charge is 2.27. The Morgan fingerprint density at radius 1 is 0.946 bits per heavy atom. The molecule has 15 heteroatoms. The summed E-state index contributed by atoms with van der Waals surface area (Å²) in [5.74, 6) is 1.14. The van der Waals surface area contributed by atoms with Gasteiger partial charge in [0.25, 0.3) is 5.56 Å². The summed E-state index contributed by atoms with van der Waals surface area (Å²) < 4.78 is 13.0. The van der Waals surface area contributed by atoms with E-state index in [2.05, 4.69) is 42.4 Å². The molecule has 1 aromatic carbocycles. The Kier molecular flexibility index (Phi) is 14.1. The van der Waals surface area contributed by atoms with Crippen molar-refractivity contribution in [3.63, 3.8) is 0 Å². The van der Waals surface area contributed by atoms with Crippen LogP contribution in [0.5, 0.6) is 11.5 Å². The van der Waals surface area contributed by atoms with E-state index in [-0.39, 0.29) is 29.8 Å². The lowest BCUT2D eigenvalue weighted by molar-refractivity contribution is -0.133. The van der Waals surface area contributed by atoms with E-state index in [0.29, 0.717) is 54.3 Å². The summed E-state index contributed by atoms with van der Waals surface area (Å²) in [6, 6.07) is 7.46. The van der Waals surface area contributed by atoms with E-state index in [0.717, 1.165) is 79.8 Å². The van der Waals surface area contributed by atoms with Crippen LogP contribution < -0.4 is 36.3 Å². The number of pyridine rings is 2. The van der Waals surface area contributed by atoms with E-state index in [4.69, 9.17) is 14.5 Å². The Balaban J connectivity index is 0.813. The van der Waals surface area contributed by atoms with Gasteiger partial charge in [0.05, 0.1) is 38.8 Å². The predicted octanol–water partition coefficient (Wildman–Crippen LogP) is 3.98. The number of rotatable bonds is 19. The highest BCUT2D eigenvalue weighted by Crippen LogP contribution is 2.37. The van der Waals surface area contributed by atoms with E-state index in [1.807, 2.05) is 18.2 Å². The Hall–Kier alpha value is -5.28. The van der Waals surface area contributed by atoms with Crippen molar-refractivity contribution in [2.24, 2.45) is 7.05 Å². The van der Waals surface area contributed by atoms with E-state index in [9.17, 15) is 19.2 Å². The number of methoxy groups -OCH3 is 2. The third-order valence-electron chi connectivity index (χ3n) is 10.9. The lowest BCUT2D eigenvalue weighted by atomic mass is 9.93. The third-order valence-corrected chi connectivity index (χ3v) is 10.9. The van der Waals surface area contributed by atoms with Gasteiger partial charge in [-0.3, -0.25) is 34.6 Å². The number of benzene rings is 1. The number of aryl methyl sites for hydroxylation is 1. The Morgan fingerprint density at radius 2 is 1.68 bits per heavy atom. The van der Waals surface area contributed by atoms with Gasteiger partial charge in [0, 0.05) is 60.9 Å². The molecule has 0 saturated carbocycles. The first kappa shape index (κ1) is 40.4. The van der Waals surface area contributed by atoms with Crippen molar-refractivity contribution in [2.75, 3.05) is 52.3 Å². The molecule has 2 saturated heterocycles. The van der Waals surface area contributed by atoms with Gasteiger partial charge in [0.2, 0.25) is 17.7 Å². The van der Waals surface area contributed by atoms with Crippen LogP contribution in [0.15, 0.2) is 47.7 Å². The van der Waals surface area contributed by atoms with Crippen molar-refractivity contribution in [1.29, 1.82) is 0 Å². The van der Waals surface area contributed by atoms with Gasteiger partial charge in [0.15, 0.2) is 0 Å². The molecular weight excluding hydrogens is 715 g/mol. The molecule has 6 rings (SSSR count). The minimum absolute atomic E-state index is 0.0505. The number of nitrogens with zero attached hydrogens (tertiary/aromatic N) is 4. The van der Waals surface area contributed by atoms with Crippen molar-refractivity contribution >= 4 is 34.3 Å². The van der Waals surface area contributed by atoms with Crippen LogP contribution in [-0.4, -0.2) is 95.4 Å². The molecule has 0 bridgehead atoms. The first-order valence-corrected chi connectivity index (χ1v) is 19.8. The monoisotopic (exact) mass is 769 g/mol. The largest absolute Gasteiger partial charge is 0.496 e. The first-order valence-electron chi connectivity index (χ1n) is 19.8. The van der Waals surface area contributed by atoms with E-state index in [1.165, 1.54) is 23.8 Å². The van der Waals surface area contributed by atoms with Gasteiger partial charge >= 0.3 is 0 Å². The molecule has 15 nitrogen and oxygen atoms in total. The number of carbonyl (C=O) groups is 3. The third kappa shape index (κ3) is 10.3. The summed E-state index contributed by atoms with van der Waals surface area (Å²) in [6.07, 6.45) is 15.1. The van der Waals surface area contributed by atoms with Gasteiger partial charge in [-0.15, -0.1) is 0 Å². The zero-order valence-electron chi connectivity index (χ0n) is 32.7. The molecule has 5 heterocycles. The summed E-state index contributed by atoms with van der Waals surface area (Å²) >= 11 is 0. The molecule has 3 aromatic heterocycles. The first-order chi connectivity index (χ1) is 27.2. The topological polar surface area (TPSA) is 185 Å². The number of imide groups is 1. The number of aromatic nitrogens is 4. The SMILES string of the molecule is COc1cc(-c2cn(C)c(=O)c3[nH]ncc23)cc(OC)c1CNCC(=O)NCCCCCCCCN1CCC(c2ccc(NC3CCC(=O)NC3=O)cn2)CC1. The fourth-order valence-electron chi connectivity index (χ4n) is 7.67. The molecule has 4 aromatic rings. The number of hydrogen-bond donors (Lipinski definition) is 5. The maximum absolute atomic E-state index is 12.6. The fraction of sp³-hybridized carbons (Fsp3) is 0.512. The minimum atomic E-state index is -0.400. The number of fused-ring (bicyclic) bond motifs is 1. The Labute approximate surface area is 327 Å². The molecule has 0 spiro atoms. The van der Waals surface area contributed by atoms with E-state index >= 15 is 0 Å². The number of nitrogens with one attached hydrogen (secondary N) is 5. The van der Waals surface area contributed by atoms with Crippen molar-refractivity contribution in [1.82, 2.24) is 40.6 Å². The van der Waals surface area contributed by atoms with Crippen molar-refractivity contribution in [3.8, 4) is 22.6 Å². The summed E-state index contributed by atoms with van der Waals surface area (Å²) in [5, 5.41) is 19.4. The van der Waals surface area contributed by atoms with Crippen LogP contribution in [-0.2, 0) is 28.0 Å². The summed E-state index contributed by atoms with van der Waals surface area (Å²) in [7, 11) is 4.90. The molecule has 5 N–H and O–H groups in total. The van der Waals surface area contributed by atoms with Crippen LogP contribution in [0, 0.1) is 0 Å². The van der Waals surface area contributed by atoms with Crippen LogP contribution in [0.1, 0.15) is 81.4 Å². The lowest BCUT2D eigenvalue weighted by Gasteiger charge is -2.31. The Bertz CT molecular complexity index is 1990. The number of aromatic amines is 1. The second-order valence-corrected chi connectivity index (χ2v) is 14.8. The molecule has 0 radical (unpaired) electrons. The molecule has 3 amide bonds. The van der Waals surface area contributed by atoms with Gasteiger partial charge in [-0.2, -0.15) is 5.10 Å². The molecule has 2 aliphatic rings. The Morgan fingerprint density at radius 3 is 2.38 bits per heavy atom. The van der Waals surface area contributed by atoms with Crippen LogP contribution >= 0.6 is 0 Å². The fourth-order valence-corrected chi connectivity index (χ4v) is 7.67. The maximum atomic E-state index is 12.6. The average Bonchev–Trinajstić information content (AvgIpc) is 3.71. The van der Waals surface area contributed by atoms with Crippen molar-refractivity contribution in [2.45, 2.75) is 82.7 Å². The second-order valence-electron chi connectivity index (χ2n) is 14.8. The smallest absolute Gasteiger partial charge is 0.276 e. The number of ether oxygens (including phenoxy) is 2. The van der Waals surface area contributed by atoms with E-state index < -0.39 is 6.04 Å². The summed E-state index contributed by atoms with van der Waals surface area (Å²) in [4.78, 5) is 55.8. The summed E-state index contributed by atoms with van der Waals surface area (Å²) in [6.45, 7) is 4.51. The van der Waals surface area contributed by atoms with Crippen LogP contribution in [0.4, 0.5) is 5.69 Å².